The van der Waals surface area contributed by atoms with Crippen molar-refractivity contribution in [3.63, 3.8) is 0 Å². The van der Waals surface area contributed by atoms with E-state index in [1.165, 1.54) is 6.07 Å². The molecule has 0 fully saturated rings. The van der Waals surface area contributed by atoms with Gasteiger partial charge in [-0.1, -0.05) is 23.7 Å². The van der Waals surface area contributed by atoms with Gasteiger partial charge in [-0.3, -0.25) is 4.79 Å². The highest BCUT2D eigenvalue weighted by molar-refractivity contribution is 6.29. The summed E-state index contributed by atoms with van der Waals surface area (Å²) in [5.74, 6) is 2.62. The standard InChI is InChI=1S/C14H12ClN3O2.C14H13N3O3/c1-19-11-4-3-9(7-12(11)20-2)10-8-16-18-6-5-13(15)17-14(10)18;1-19-11-4-3-9(7-12(11)20-2)10-8-15-17-6-5-13(18)16-14(10)17/h3-8H,1-2H3;3-8H,1-2H3,(H,16,18). The normalized spacial score (nSPS) is 10.7. The SMILES string of the molecule is COc1ccc(-c2cnn3ccc(=O)[nH]c23)cc1OC.COc1ccc(-c2cnn3ccc(Cl)nc23)cc1OC. The summed E-state index contributed by atoms with van der Waals surface area (Å²) in [7, 11) is 6.38. The van der Waals surface area contributed by atoms with Crippen molar-refractivity contribution in [3.8, 4) is 45.3 Å². The Morgan fingerprint density at radius 1 is 0.700 bits per heavy atom. The summed E-state index contributed by atoms with van der Waals surface area (Å²) in [6.45, 7) is 0. The van der Waals surface area contributed by atoms with E-state index in [0.29, 0.717) is 39.4 Å². The number of nitrogens with zero attached hydrogens (tertiary/aromatic N) is 5. The van der Waals surface area contributed by atoms with Crippen molar-refractivity contribution in [2.45, 2.75) is 0 Å². The Balaban J connectivity index is 0.000000161. The first-order valence-electron chi connectivity index (χ1n) is 12.0. The monoisotopic (exact) mass is 560 g/mol. The van der Waals surface area contributed by atoms with Crippen molar-refractivity contribution >= 4 is 22.9 Å². The van der Waals surface area contributed by atoms with E-state index in [0.717, 1.165) is 22.3 Å². The van der Waals surface area contributed by atoms with Gasteiger partial charge in [0.25, 0.3) is 5.56 Å². The lowest BCUT2D eigenvalue weighted by molar-refractivity contribution is 0.355. The Morgan fingerprint density at radius 3 is 1.88 bits per heavy atom. The van der Waals surface area contributed by atoms with Crippen molar-refractivity contribution in [1.29, 1.82) is 0 Å². The summed E-state index contributed by atoms with van der Waals surface area (Å²) >= 11 is 5.94. The van der Waals surface area contributed by atoms with E-state index < -0.39 is 0 Å². The van der Waals surface area contributed by atoms with Crippen LogP contribution in [0, 0.1) is 0 Å². The molecular weight excluding hydrogens is 536 g/mol. The number of H-pyrrole nitrogens is 1. The molecule has 0 amide bonds. The first-order valence-corrected chi connectivity index (χ1v) is 12.3. The minimum absolute atomic E-state index is 0.167. The predicted molar refractivity (Wildman–Crippen MR) is 151 cm³/mol. The van der Waals surface area contributed by atoms with Gasteiger partial charge in [0, 0.05) is 29.6 Å². The van der Waals surface area contributed by atoms with Crippen LogP contribution in [0.15, 0.2) is 78.1 Å². The van der Waals surface area contributed by atoms with Crippen LogP contribution in [0.2, 0.25) is 5.15 Å². The van der Waals surface area contributed by atoms with Crippen LogP contribution in [0.5, 0.6) is 23.0 Å². The zero-order valence-corrected chi connectivity index (χ0v) is 22.8. The van der Waals surface area contributed by atoms with E-state index in [1.807, 2.05) is 36.4 Å². The molecule has 2 aromatic carbocycles. The first-order chi connectivity index (χ1) is 19.4. The summed E-state index contributed by atoms with van der Waals surface area (Å²) in [5.41, 5.74) is 4.71. The fourth-order valence-electron chi connectivity index (χ4n) is 4.17. The predicted octanol–water partition coefficient (Wildman–Crippen LogP) is 4.77. The molecular formula is C28H25ClN6O5. The number of hydrogen-bond donors (Lipinski definition) is 1. The molecule has 40 heavy (non-hydrogen) atoms. The fraction of sp³-hybridized carbons (Fsp3) is 0.143. The van der Waals surface area contributed by atoms with Crippen LogP contribution >= 0.6 is 11.6 Å². The molecule has 4 aromatic heterocycles. The van der Waals surface area contributed by atoms with Gasteiger partial charge < -0.3 is 23.9 Å². The van der Waals surface area contributed by atoms with E-state index in [1.54, 1.807) is 68.3 Å². The number of rotatable bonds is 6. The summed E-state index contributed by atoms with van der Waals surface area (Å²) in [4.78, 5) is 18.5. The number of fused-ring (bicyclic) bond motifs is 2. The molecule has 204 valence electrons. The van der Waals surface area contributed by atoms with Gasteiger partial charge >= 0.3 is 0 Å². The van der Waals surface area contributed by atoms with Gasteiger partial charge in [0.1, 0.15) is 10.8 Å². The summed E-state index contributed by atoms with van der Waals surface area (Å²) in [5, 5.41) is 8.90. The van der Waals surface area contributed by atoms with Crippen molar-refractivity contribution in [2.75, 3.05) is 28.4 Å². The zero-order chi connectivity index (χ0) is 28.2. The minimum Gasteiger partial charge on any atom is -0.493 e. The lowest BCUT2D eigenvalue weighted by Crippen LogP contribution is -2.06. The molecule has 0 aliphatic heterocycles. The highest BCUT2D eigenvalue weighted by Gasteiger charge is 2.13. The molecule has 0 atom stereocenters. The number of ether oxygens (including phenoxy) is 4. The van der Waals surface area contributed by atoms with Crippen LogP contribution in [0.4, 0.5) is 0 Å². The molecule has 6 aromatic rings. The maximum Gasteiger partial charge on any atom is 0.251 e. The van der Waals surface area contributed by atoms with Gasteiger partial charge in [0.2, 0.25) is 0 Å². The molecule has 1 N–H and O–H groups in total. The third-order valence-corrected chi connectivity index (χ3v) is 6.34. The van der Waals surface area contributed by atoms with E-state index in [9.17, 15) is 4.79 Å². The maximum absolute atomic E-state index is 11.4. The number of aromatic nitrogens is 6. The summed E-state index contributed by atoms with van der Waals surface area (Å²) < 4.78 is 24.3. The molecule has 0 bridgehead atoms. The van der Waals surface area contributed by atoms with Gasteiger partial charge in [-0.25, -0.2) is 14.0 Å². The van der Waals surface area contributed by atoms with Crippen LogP contribution in [-0.2, 0) is 0 Å². The average Bonchev–Trinajstić information content (AvgIpc) is 3.60. The van der Waals surface area contributed by atoms with Crippen LogP contribution in [0.3, 0.4) is 0 Å². The number of benzene rings is 2. The van der Waals surface area contributed by atoms with Crippen molar-refractivity contribution in [1.82, 2.24) is 29.2 Å². The number of hydrogen-bond acceptors (Lipinski definition) is 8. The molecule has 12 heteroatoms. The summed E-state index contributed by atoms with van der Waals surface area (Å²) in [6, 6.07) is 14.4. The van der Waals surface area contributed by atoms with Crippen molar-refractivity contribution < 1.29 is 18.9 Å². The fourth-order valence-corrected chi connectivity index (χ4v) is 4.30. The summed E-state index contributed by atoms with van der Waals surface area (Å²) in [6.07, 6.45) is 6.85. The minimum atomic E-state index is -0.167. The Kier molecular flexibility index (Phi) is 7.56. The van der Waals surface area contributed by atoms with Gasteiger partial charge in [-0.05, 0) is 41.5 Å². The molecule has 0 spiro atoms. The Hall–Kier alpha value is -5.03. The Morgan fingerprint density at radius 2 is 1.25 bits per heavy atom. The highest BCUT2D eigenvalue weighted by atomic mass is 35.5. The van der Waals surface area contributed by atoms with Gasteiger partial charge in [0.15, 0.2) is 28.6 Å². The van der Waals surface area contributed by atoms with Gasteiger partial charge in [-0.15, -0.1) is 0 Å². The van der Waals surface area contributed by atoms with E-state index >= 15 is 0 Å². The second-order valence-corrected chi connectivity index (χ2v) is 8.76. The zero-order valence-electron chi connectivity index (χ0n) is 22.1. The number of halogens is 1. The molecule has 11 nitrogen and oxygen atoms in total. The van der Waals surface area contributed by atoms with E-state index in [-0.39, 0.29) is 5.56 Å². The largest absolute Gasteiger partial charge is 0.493 e. The molecule has 4 heterocycles. The average molecular weight is 561 g/mol. The van der Waals surface area contributed by atoms with Gasteiger partial charge in [0.05, 0.1) is 40.8 Å². The molecule has 0 radical (unpaired) electrons. The quantitative estimate of drug-likeness (QED) is 0.289. The van der Waals surface area contributed by atoms with Crippen molar-refractivity contribution in [3.05, 3.63) is 88.8 Å². The van der Waals surface area contributed by atoms with Crippen molar-refractivity contribution in [2.24, 2.45) is 0 Å². The van der Waals surface area contributed by atoms with Gasteiger partial charge in [-0.2, -0.15) is 10.2 Å². The molecule has 6 rings (SSSR count). The second kappa shape index (κ2) is 11.4. The van der Waals surface area contributed by atoms with Crippen LogP contribution in [0.1, 0.15) is 0 Å². The first kappa shape index (κ1) is 26.6. The lowest BCUT2D eigenvalue weighted by Gasteiger charge is -2.08. The molecule has 0 aliphatic carbocycles. The second-order valence-electron chi connectivity index (χ2n) is 8.37. The molecule has 0 aliphatic rings. The third kappa shape index (κ3) is 5.14. The number of methoxy groups -OCH3 is 4. The van der Waals surface area contributed by atoms with Crippen LogP contribution in [0.25, 0.3) is 33.5 Å². The topological polar surface area (TPSA) is 117 Å². The maximum atomic E-state index is 11.4. The van der Waals surface area contributed by atoms with E-state index in [4.69, 9.17) is 30.5 Å². The molecule has 0 saturated heterocycles. The Bertz CT molecular complexity index is 1860. The Labute approximate surface area is 233 Å². The highest BCUT2D eigenvalue weighted by Crippen LogP contribution is 2.34. The third-order valence-electron chi connectivity index (χ3n) is 6.13. The van der Waals surface area contributed by atoms with Crippen LogP contribution < -0.4 is 24.5 Å². The molecule has 0 unspecified atom stereocenters. The number of nitrogens with one attached hydrogen (secondary N) is 1. The lowest BCUT2D eigenvalue weighted by atomic mass is 10.1. The van der Waals surface area contributed by atoms with Crippen LogP contribution in [-0.4, -0.2) is 57.6 Å². The van der Waals surface area contributed by atoms with E-state index in [2.05, 4.69) is 20.2 Å². The molecule has 0 saturated carbocycles. The number of aromatic amines is 1. The smallest absolute Gasteiger partial charge is 0.251 e.